The zero-order chi connectivity index (χ0) is 22.9. The topological polar surface area (TPSA) is 123 Å². The highest BCUT2D eigenvalue weighted by Crippen LogP contribution is 2.29. The van der Waals surface area contributed by atoms with Crippen molar-refractivity contribution in [1.29, 1.82) is 0 Å². The third-order valence-corrected chi connectivity index (χ3v) is 4.42. The van der Waals surface area contributed by atoms with Crippen molar-refractivity contribution in [3.63, 3.8) is 0 Å². The predicted octanol–water partition coefficient (Wildman–Crippen LogP) is 2.98. The maximum Gasteiger partial charge on any atom is 0.282 e. The maximum absolute atomic E-state index is 12.2. The first kappa shape index (κ1) is 22.4. The van der Waals surface area contributed by atoms with E-state index in [0.717, 1.165) is 11.1 Å². The van der Waals surface area contributed by atoms with Gasteiger partial charge in [0.05, 0.1) is 4.92 Å². The van der Waals surface area contributed by atoms with Gasteiger partial charge in [0.1, 0.15) is 11.3 Å². The van der Waals surface area contributed by atoms with Crippen LogP contribution in [-0.4, -0.2) is 28.5 Å². The highest BCUT2D eigenvalue weighted by Gasteiger charge is 2.20. The zero-order valence-electron chi connectivity index (χ0n) is 16.6. The molecule has 10 heteroatoms. The molecule has 3 aromatic carbocycles. The number of amides is 2. The third kappa shape index (κ3) is 5.86. The van der Waals surface area contributed by atoms with E-state index >= 15 is 0 Å². The van der Waals surface area contributed by atoms with Crippen molar-refractivity contribution in [3.8, 4) is 16.9 Å². The molecule has 3 N–H and O–H groups in total. The fourth-order valence-electron chi connectivity index (χ4n) is 2.78. The molecule has 0 aliphatic rings. The van der Waals surface area contributed by atoms with Gasteiger partial charge in [-0.2, -0.15) is 0 Å². The summed E-state index contributed by atoms with van der Waals surface area (Å²) in [6, 6.07) is 22.3. The SMILES string of the molecule is O=C(COc1ccccc1-c1ccccc1)NNC(=S)NC(=O)c1ccccc1[N+](=O)[O-]. The summed E-state index contributed by atoms with van der Waals surface area (Å²) in [5, 5.41) is 13.1. The van der Waals surface area contributed by atoms with Crippen molar-refractivity contribution in [2.75, 3.05) is 6.61 Å². The number of nitro groups is 1. The average molecular weight is 450 g/mol. The summed E-state index contributed by atoms with van der Waals surface area (Å²) in [6.45, 7) is -0.308. The van der Waals surface area contributed by atoms with Gasteiger partial charge in [-0.3, -0.25) is 35.9 Å². The number of hydrogen-bond acceptors (Lipinski definition) is 6. The lowest BCUT2D eigenvalue weighted by Crippen LogP contribution is -2.49. The van der Waals surface area contributed by atoms with Crippen molar-refractivity contribution in [3.05, 3.63) is 94.5 Å². The van der Waals surface area contributed by atoms with E-state index in [4.69, 9.17) is 17.0 Å². The summed E-state index contributed by atoms with van der Waals surface area (Å²) >= 11 is 4.95. The molecule has 9 nitrogen and oxygen atoms in total. The Morgan fingerprint density at radius 2 is 1.56 bits per heavy atom. The smallest absolute Gasteiger partial charge is 0.282 e. The molecule has 32 heavy (non-hydrogen) atoms. The molecule has 2 amide bonds. The van der Waals surface area contributed by atoms with Crippen LogP contribution >= 0.6 is 12.2 Å². The summed E-state index contributed by atoms with van der Waals surface area (Å²) < 4.78 is 5.62. The van der Waals surface area contributed by atoms with Crippen LogP contribution in [0.1, 0.15) is 10.4 Å². The van der Waals surface area contributed by atoms with Gasteiger partial charge in [-0.1, -0.05) is 60.7 Å². The Hall–Kier alpha value is -4.31. The highest BCUT2D eigenvalue weighted by molar-refractivity contribution is 7.80. The Morgan fingerprint density at radius 1 is 0.906 bits per heavy atom. The Morgan fingerprint density at radius 3 is 2.31 bits per heavy atom. The van der Waals surface area contributed by atoms with Crippen LogP contribution in [0, 0.1) is 10.1 Å². The number of nitrogens with one attached hydrogen (secondary N) is 3. The Labute approximate surface area is 188 Å². The van der Waals surface area contributed by atoms with Crippen LogP contribution in [0.3, 0.4) is 0 Å². The van der Waals surface area contributed by atoms with Crippen LogP contribution in [-0.2, 0) is 4.79 Å². The highest BCUT2D eigenvalue weighted by atomic mass is 32.1. The summed E-state index contributed by atoms with van der Waals surface area (Å²) in [5.74, 6) is -0.798. The number of hydrogen-bond donors (Lipinski definition) is 3. The number of nitro benzene ring substituents is 1. The second-order valence-corrected chi connectivity index (χ2v) is 6.79. The van der Waals surface area contributed by atoms with Gasteiger partial charge < -0.3 is 4.74 Å². The monoisotopic (exact) mass is 450 g/mol. The minimum absolute atomic E-state index is 0.158. The van der Waals surface area contributed by atoms with Gasteiger partial charge in [0.25, 0.3) is 17.5 Å². The van der Waals surface area contributed by atoms with Crippen molar-refractivity contribution in [2.45, 2.75) is 0 Å². The van der Waals surface area contributed by atoms with E-state index in [1.165, 1.54) is 24.3 Å². The second kappa shape index (κ2) is 10.6. The normalized spacial score (nSPS) is 10.0. The van der Waals surface area contributed by atoms with Crippen LogP contribution < -0.4 is 20.9 Å². The van der Waals surface area contributed by atoms with E-state index in [-0.39, 0.29) is 23.0 Å². The minimum atomic E-state index is -0.780. The third-order valence-electron chi connectivity index (χ3n) is 4.22. The van der Waals surface area contributed by atoms with Gasteiger partial charge >= 0.3 is 0 Å². The van der Waals surface area contributed by atoms with Gasteiger partial charge in [-0.25, -0.2) is 0 Å². The fraction of sp³-hybridized carbons (Fsp3) is 0.0455. The number of benzene rings is 3. The predicted molar refractivity (Wildman–Crippen MR) is 122 cm³/mol. The Kier molecular flexibility index (Phi) is 7.44. The standard InChI is InChI=1S/C22H18N4O5S/c27-20(14-31-19-13-7-5-10-16(19)15-8-2-1-3-9-15)24-25-22(32)23-21(28)17-11-4-6-12-18(17)26(29)30/h1-13H,14H2,(H,24,27)(H2,23,25,28,32). The van der Waals surface area contributed by atoms with Gasteiger partial charge in [-0.05, 0) is 29.9 Å². The number of ether oxygens (including phenoxy) is 1. The molecule has 0 fully saturated rings. The van der Waals surface area contributed by atoms with Crippen molar-refractivity contribution in [1.82, 2.24) is 16.2 Å². The molecule has 0 unspecified atom stereocenters. The van der Waals surface area contributed by atoms with Crippen molar-refractivity contribution >= 4 is 34.8 Å². The van der Waals surface area contributed by atoms with E-state index in [9.17, 15) is 19.7 Å². The molecular weight excluding hydrogens is 432 g/mol. The molecule has 3 rings (SSSR count). The maximum atomic E-state index is 12.2. The number of thiocarbonyl (C=S) groups is 1. The first-order valence-corrected chi connectivity index (χ1v) is 9.77. The number of carbonyl (C=O) groups excluding carboxylic acids is 2. The quantitative estimate of drug-likeness (QED) is 0.300. The number of rotatable bonds is 6. The van der Waals surface area contributed by atoms with Crippen LogP contribution in [0.25, 0.3) is 11.1 Å². The molecule has 0 saturated carbocycles. The summed E-state index contributed by atoms with van der Waals surface area (Å²) in [7, 11) is 0. The molecule has 162 valence electrons. The van der Waals surface area contributed by atoms with E-state index in [2.05, 4.69) is 16.2 Å². The van der Waals surface area contributed by atoms with Crippen LogP contribution in [0.4, 0.5) is 5.69 Å². The number of nitrogens with zero attached hydrogens (tertiary/aromatic N) is 1. The number of para-hydroxylation sites is 2. The van der Waals surface area contributed by atoms with Crippen molar-refractivity contribution < 1.29 is 19.2 Å². The fourth-order valence-corrected chi connectivity index (χ4v) is 2.92. The van der Waals surface area contributed by atoms with Gasteiger partial charge in [0.15, 0.2) is 11.7 Å². The first-order chi connectivity index (χ1) is 15.5. The second-order valence-electron chi connectivity index (χ2n) is 6.38. The van der Waals surface area contributed by atoms with Gasteiger partial charge in [-0.15, -0.1) is 0 Å². The molecule has 0 spiro atoms. The number of carbonyl (C=O) groups is 2. The Balaban J connectivity index is 1.51. The van der Waals surface area contributed by atoms with Crippen LogP contribution in [0.2, 0.25) is 0 Å². The molecule has 0 aliphatic carbocycles. The summed E-state index contributed by atoms with van der Waals surface area (Å²) in [4.78, 5) is 34.7. The van der Waals surface area contributed by atoms with Crippen LogP contribution in [0.15, 0.2) is 78.9 Å². The molecule has 0 aromatic heterocycles. The molecule has 0 bridgehead atoms. The van der Waals surface area contributed by atoms with Gasteiger partial charge in [0, 0.05) is 11.6 Å². The molecule has 0 saturated heterocycles. The molecule has 3 aromatic rings. The van der Waals surface area contributed by atoms with E-state index < -0.39 is 16.7 Å². The lowest BCUT2D eigenvalue weighted by Gasteiger charge is -2.13. The average Bonchev–Trinajstić information content (AvgIpc) is 2.82. The lowest BCUT2D eigenvalue weighted by molar-refractivity contribution is -0.385. The zero-order valence-corrected chi connectivity index (χ0v) is 17.4. The minimum Gasteiger partial charge on any atom is -0.483 e. The molecule has 0 atom stereocenters. The van der Waals surface area contributed by atoms with Crippen molar-refractivity contribution in [2.24, 2.45) is 0 Å². The molecule has 0 aliphatic heterocycles. The van der Waals surface area contributed by atoms with Crippen LogP contribution in [0.5, 0.6) is 5.75 Å². The van der Waals surface area contributed by atoms with E-state index in [0.29, 0.717) is 5.75 Å². The first-order valence-electron chi connectivity index (χ1n) is 9.36. The van der Waals surface area contributed by atoms with E-state index in [1.54, 1.807) is 12.1 Å². The lowest BCUT2D eigenvalue weighted by atomic mass is 10.1. The van der Waals surface area contributed by atoms with Gasteiger partial charge in [0.2, 0.25) is 0 Å². The molecule has 0 radical (unpaired) electrons. The van der Waals surface area contributed by atoms with E-state index in [1.807, 2.05) is 42.5 Å². The largest absolute Gasteiger partial charge is 0.483 e. The molecule has 0 heterocycles. The number of hydrazine groups is 1. The summed E-state index contributed by atoms with van der Waals surface area (Å²) in [6.07, 6.45) is 0. The summed E-state index contributed by atoms with van der Waals surface area (Å²) in [5.41, 5.74) is 5.93. The molecular formula is C22H18N4O5S. The Bertz CT molecular complexity index is 1150.